The van der Waals surface area contributed by atoms with Crippen molar-refractivity contribution in [2.45, 2.75) is 13.8 Å². The minimum atomic E-state index is -0.880. The summed E-state index contributed by atoms with van der Waals surface area (Å²) in [6.07, 6.45) is 0. The summed E-state index contributed by atoms with van der Waals surface area (Å²) in [5.41, 5.74) is 1.04. The van der Waals surface area contributed by atoms with Crippen LogP contribution >= 0.6 is 0 Å². The van der Waals surface area contributed by atoms with Crippen LogP contribution in [0.1, 0.15) is 32.1 Å². The molecule has 0 atom stereocenters. The summed E-state index contributed by atoms with van der Waals surface area (Å²) in [6, 6.07) is 12.1. The molecule has 11 nitrogen and oxygen atoms in total. The van der Waals surface area contributed by atoms with Crippen molar-refractivity contribution in [2.75, 3.05) is 11.9 Å². The Morgan fingerprint density at radius 2 is 1.73 bits per heavy atom. The van der Waals surface area contributed by atoms with Gasteiger partial charge in [-0.3, -0.25) is 29.4 Å². The first-order valence-corrected chi connectivity index (χ1v) is 9.76. The van der Waals surface area contributed by atoms with E-state index in [-0.39, 0.29) is 17.1 Å². The van der Waals surface area contributed by atoms with Crippen molar-refractivity contribution in [3.8, 4) is 11.8 Å². The SMILES string of the molecule is Cc1cc(C)nc(Oc2ccc(NC(=O)CN3C(=O)c4cccc([N+](=O)[O-])c4C3=O)cc2)n1. The Labute approximate surface area is 187 Å². The molecule has 3 aromatic rings. The van der Waals surface area contributed by atoms with Crippen molar-refractivity contribution in [3.05, 3.63) is 81.2 Å². The lowest BCUT2D eigenvalue weighted by Crippen LogP contribution is -2.37. The monoisotopic (exact) mass is 447 g/mol. The number of nitrogens with zero attached hydrogens (tertiary/aromatic N) is 4. The van der Waals surface area contributed by atoms with Crippen LogP contribution in [0.15, 0.2) is 48.5 Å². The molecule has 0 spiro atoms. The van der Waals surface area contributed by atoms with Gasteiger partial charge >= 0.3 is 6.01 Å². The maximum atomic E-state index is 12.6. The molecule has 0 saturated carbocycles. The summed E-state index contributed by atoms with van der Waals surface area (Å²) in [5.74, 6) is -1.83. The number of ether oxygens (including phenoxy) is 1. The van der Waals surface area contributed by atoms with Gasteiger partial charge in [0.1, 0.15) is 17.9 Å². The van der Waals surface area contributed by atoms with Crippen LogP contribution in [0, 0.1) is 24.0 Å². The van der Waals surface area contributed by atoms with Gasteiger partial charge in [0.2, 0.25) is 5.91 Å². The number of imide groups is 1. The summed E-state index contributed by atoms with van der Waals surface area (Å²) >= 11 is 0. The summed E-state index contributed by atoms with van der Waals surface area (Å²) in [7, 11) is 0. The third-order valence-corrected chi connectivity index (χ3v) is 4.78. The number of carbonyl (C=O) groups is 3. The Morgan fingerprint density at radius 1 is 1.06 bits per heavy atom. The topological polar surface area (TPSA) is 145 Å². The van der Waals surface area contributed by atoms with Crippen LogP contribution in [-0.2, 0) is 4.79 Å². The first-order chi connectivity index (χ1) is 15.7. The van der Waals surface area contributed by atoms with E-state index in [1.54, 1.807) is 24.3 Å². The number of amides is 3. The molecule has 0 unspecified atom stereocenters. The largest absolute Gasteiger partial charge is 0.424 e. The van der Waals surface area contributed by atoms with Gasteiger partial charge in [-0.05, 0) is 50.2 Å². The van der Waals surface area contributed by atoms with E-state index in [0.717, 1.165) is 17.5 Å². The molecule has 0 radical (unpaired) electrons. The first-order valence-electron chi connectivity index (χ1n) is 9.76. The number of rotatable bonds is 6. The summed E-state index contributed by atoms with van der Waals surface area (Å²) in [4.78, 5) is 57.0. The van der Waals surface area contributed by atoms with E-state index < -0.39 is 34.9 Å². The number of benzene rings is 2. The van der Waals surface area contributed by atoms with E-state index in [0.29, 0.717) is 16.3 Å². The van der Waals surface area contributed by atoms with Crippen LogP contribution in [0.4, 0.5) is 11.4 Å². The van der Waals surface area contributed by atoms with Gasteiger partial charge in [0.25, 0.3) is 17.5 Å². The lowest BCUT2D eigenvalue weighted by atomic mass is 10.1. The van der Waals surface area contributed by atoms with E-state index in [1.165, 1.54) is 12.1 Å². The van der Waals surface area contributed by atoms with Gasteiger partial charge in [0, 0.05) is 23.1 Å². The second kappa shape index (κ2) is 8.46. The second-order valence-electron chi connectivity index (χ2n) is 7.26. The van der Waals surface area contributed by atoms with E-state index in [9.17, 15) is 24.5 Å². The first kappa shape index (κ1) is 21.6. The molecule has 1 aliphatic heterocycles. The maximum absolute atomic E-state index is 12.6. The Hall–Kier alpha value is -4.67. The highest BCUT2D eigenvalue weighted by Gasteiger charge is 2.41. The molecule has 1 aliphatic rings. The zero-order valence-corrected chi connectivity index (χ0v) is 17.6. The molecule has 0 bridgehead atoms. The van der Waals surface area contributed by atoms with Gasteiger partial charge in [-0.15, -0.1) is 0 Å². The number of hydrogen-bond donors (Lipinski definition) is 1. The standard InChI is InChI=1S/C22H17N5O6/c1-12-10-13(2)24-22(23-12)33-15-8-6-14(7-9-15)25-18(28)11-26-20(29)16-4-3-5-17(27(31)32)19(16)21(26)30/h3-10H,11H2,1-2H3,(H,25,28). The van der Waals surface area contributed by atoms with E-state index >= 15 is 0 Å². The fraction of sp³-hybridized carbons (Fsp3) is 0.136. The van der Waals surface area contributed by atoms with Crippen LogP contribution in [-0.4, -0.2) is 44.1 Å². The molecule has 2 aromatic carbocycles. The molecular formula is C22H17N5O6. The van der Waals surface area contributed by atoms with Crippen LogP contribution in [0.5, 0.6) is 11.8 Å². The van der Waals surface area contributed by atoms with Gasteiger partial charge in [0.15, 0.2) is 0 Å². The van der Waals surface area contributed by atoms with Gasteiger partial charge in [-0.1, -0.05) is 6.07 Å². The van der Waals surface area contributed by atoms with Crippen molar-refractivity contribution in [1.29, 1.82) is 0 Å². The molecule has 1 N–H and O–H groups in total. The zero-order valence-electron chi connectivity index (χ0n) is 17.6. The molecule has 0 saturated heterocycles. The lowest BCUT2D eigenvalue weighted by molar-refractivity contribution is -0.385. The van der Waals surface area contributed by atoms with E-state index in [1.807, 2.05) is 19.9 Å². The van der Waals surface area contributed by atoms with Crippen LogP contribution < -0.4 is 10.1 Å². The molecule has 166 valence electrons. The number of aromatic nitrogens is 2. The van der Waals surface area contributed by atoms with E-state index in [4.69, 9.17) is 4.74 Å². The molecule has 11 heteroatoms. The lowest BCUT2D eigenvalue weighted by Gasteiger charge is -2.13. The fourth-order valence-corrected chi connectivity index (χ4v) is 3.41. The Kier molecular flexibility index (Phi) is 5.53. The summed E-state index contributed by atoms with van der Waals surface area (Å²) < 4.78 is 5.61. The molecule has 2 heterocycles. The third kappa shape index (κ3) is 4.37. The molecular weight excluding hydrogens is 430 g/mol. The predicted molar refractivity (Wildman–Crippen MR) is 115 cm³/mol. The molecule has 1 aromatic heterocycles. The van der Waals surface area contributed by atoms with Crippen molar-refractivity contribution in [2.24, 2.45) is 0 Å². The second-order valence-corrected chi connectivity index (χ2v) is 7.26. The van der Waals surface area contributed by atoms with Crippen LogP contribution in [0.25, 0.3) is 0 Å². The quantitative estimate of drug-likeness (QED) is 0.345. The number of nitro benzene ring substituents is 1. The number of fused-ring (bicyclic) bond motifs is 1. The van der Waals surface area contributed by atoms with E-state index in [2.05, 4.69) is 15.3 Å². The molecule has 0 aliphatic carbocycles. The summed E-state index contributed by atoms with van der Waals surface area (Å²) in [6.45, 7) is 3.07. The predicted octanol–water partition coefficient (Wildman–Crippen LogP) is 3.03. The molecule has 3 amide bonds. The van der Waals surface area contributed by atoms with Gasteiger partial charge in [-0.25, -0.2) is 9.97 Å². The highest BCUT2D eigenvalue weighted by atomic mass is 16.6. The highest BCUT2D eigenvalue weighted by Crippen LogP contribution is 2.30. The third-order valence-electron chi connectivity index (χ3n) is 4.78. The fourth-order valence-electron chi connectivity index (χ4n) is 3.41. The average molecular weight is 447 g/mol. The van der Waals surface area contributed by atoms with Gasteiger partial charge < -0.3 is 10.1 Å². The minimum Gasteiger partial charge on any atom is -0.424 e. The molecule has 33 heavy (non-hydrogen) atoms. The van der Waals surface area contributed by atoms with Gasteiger partial charge in [-0.2, -0.15) is 0 Å². The number of carbonyl (C=O) groups excluding carboxylic acids is 3. The molecule has 4 rings (SSSR count). The highest BCUT2D eigenvalue weighted by molar-refractivity contribution is 6.24. The van der Waals surface area contributed by atoms with Crippen LogP contribution in [0.2, 0.25) is 0 Å². The zero-order chi connectivity index (χ0) is 23.7. The maximum Gasteiger partial charge on any atom is 0.322 e. The van der Waals surface area contributed by atoms with Crippen molar-refractivity contribution < 1.29 is 24.0 Å². The number of aryl methyl sites for hydroxylation is 2. The Morgan fingerprint density at radius 3 is 2.36 bits per heavy atom. The minimum absolute atomic E-state index is 0.0999. The van der Waals surface area contributed by atoms with Crippen molar-refractivity contribution in [1.82, 2.24) is 14.9 Å². The normalized spacial score (nSPS) is 12.5. The Bertz CT molecular complexity index is 1280. The van der Waals surface area contributed by atoms with Crippen molar-refractivity contribution >= 4 is 29.1 Å². The summed E-state index contributed by atoms with van der Waals surface area (Å²) in [5, 5.41) is 13.8. The van der Waals surface area contributed by atoms with Crippen LogP contribution in [0.3, 0.4) is 0 Å². The number of nitro groups is 1. The van der Waals surface area contributed by atoms with Crippen molar-refractivity contribution in [3.63, 3.8) is 0 Å². The Balaban J connectivity index is 1.42. The molecule has 0 fully saturated rings. The number of anilines is 1. The number of hydrogen-bond acceptors (Lipinski definition) is 8. The number of nitrogens with one attached hydrogen (secondary N) is 1. The van der Waals surface area contributed by atoms with Gasteiger partial charge in [0.05, 0.1) is 10.5 Å². The smallest absolute Gasteiger partial charge is 0.322 e. The average Bonchev–Trinajstić information content (AvgIpc) is 2.99.